The molecule has 118 valence electrons. The molecule has 0 spiro atoms. The van der Waals surface area contributed by atoms with Crippen LogP contribution in [-0.4, -0.2) is 19.2 Å². The summed E-state index contributed by atoms with van der Waals surface area (Å²) in [6, 6.07) is 2.13. The third-order valence-corrected chi connectivity index (χ3v) is 5.10. The van der Waals surface area contributed by atoms with Crippen molar-refractivity contribution in [1.29, 1.82) is 0 Å². The molecule has 0 atom stereocenters. The van der Waals surface area contributed by atoms with Gasteiger partial charge in [0.15, 0.2) is 0 Å². The second-order valence-corrected chi connectivity index (χ2v) is 12.0. The van der Waals surface area contributed by atoms with E-state index >= 15 is 0 Å². The van der Waals surface area contributed by atoms with E-state index < -0.39 is 19.9 Å². The van der Waals surface area contributed by atoms with Gasteiger partial charge in [-0.2, -0.15) is 13.2 Å². The van der Waals surface area contributed by atoms with Crippen LogP contribution in [0.25, 0.3) is 6.08 Å². The molecule has 0 fully saturated rings. The van der Waals surface area contributed by atoms with Crippen molar-refractivity contribution in [1.82, 2.24) is 9.88 Å². The fraction of sp³-hybridized carbons (Fsp3) is 0.571. The quantitative estimate of drug-likeness (QED) is 0.658. The maximum Gasteiger partial charge on any atom is 0.431 e. The molecule has 1 aliphatic heterocycles. The van der Waals surface area contributed by atoms with Crippen molar-refractivity contribution in [2.75, 3.05) is 6.61 Å². The van der Waals surface area contributed by atoms with Gasteiger partial charge in [-0.3, -0.25) is 0 Å². The Morgan fingerprint density at radius 2 is 2.05 bits per heavy atom. The summed E-state index contributed by atoms with van der Waals surface area (Å²) in [5.41, 5.74) is 0.585. The lowest BCUT2D eigenvalue weighted by Crippen LogP contribution is -2.24. The van der Waals surface area contributed by atoms with E-state index in [-0.39, 0.29) is 6.73 Å². The summed E-state index contributed by atoms with van der Waals surface area (Å²) in [7, 11) is -1.24. The third-order valence-electron chi connectivity index (χ3n) is 3.40. The summed E-state index contributed by atoms with van der Waals surface area (Å²) in [5.74, 6) is 0. The second-order valence-electron chi connectivity index (χ2n) is 6.42. The molecule has 1 aliphatic rings. The summed E-state index contributed by atoms with van der Waals surface area (Å²) < 4.78 is 46.1. The molecule has 1 N–H and O–H groups in total. The highest BCUT2D eigenvalue weighted by Gasteiger charge is 2.36. The van der Waals surface area contributed by atoms with Crippen molar-refractivity contribution in [3.63, 3.8) is 0 Å². The minimum Gasteiger partial charge on any atom is -0.385 e. The van der Waals surface area contributed by atoms with E-state index in [1.54, 1.807) is 12.3 Å². The molecule has 7 heteroatoms. The van der Waals surface area contributed by atoms with Crippen LogP contribution in [0.15, 0.2) is 12.3 Å². The lowest BCUT2D eigenvalue weighted by molar-refractivity contribution is -0.146. The van der Waals surface area contributed by atoms with Gasteiger partial charge in [0.2, 0.25) is 0 Å². The zero-order valence-electron chi connectivity index (χ0n) is 12.5. The predicted octanol–water partition coefficient (Wildman–Crippen LogP) is 3.89. The number of ether oxygens (including phenoxy) is 1. The number of aromatic nitrogens is 1. The zero-order valence-corrected chi connectivity index (χ0v) is 13.5. The Kier molecular flexibility index (Phi) is 4.53. The third kappa shape index (κ3) is 4.13. The Morgan fingerprint density at radius 1 is 1.33 bits per heavy atom. The molecule has 0 saturated heterocycles. The average Bonchev–Trinajstić information content (AvgIpc) is 2.72. The standard InChI is InChI=1S/C14H21F3N2OSi/c1-21(2,3)7-6-20-10-19-12-9-18-5-4-11(12)8-13(19)14(15,16)17/h4-5,8,18H,6-7,9-10H2,1-3H3. The van der Waals surface area contributed by atoms with Gasteiger partial charge in [0.25, 0.3) is 0 Å². The number of alkyl halides is 3. The number of nitrogens with one attached hydrogen (secondary N) is 1. The summed E-state index contributed by atoms with van der Waals surface area (Å²) in [6.07, 6.45) is -1.04. The summed E-state index contributed by atoms with van der Waals surface area (Å²) >= 11 is 0. The summed E-state index contributed by atoms with van der Waals surface area (Å²) in [4.78, 5) is 0. The minimum absolute atomic E-state index is 0.0514. The number of hydrogen-bond acceptors (Lipinski definition) is 2. The molecule has 0 saturated carbocycles. The first-order valence-corrected chi connectivity index (χ1v) is 10.7. The molecule has 1 aromatic rings. The Hall–Kier alpha value is -1.21. The highest BCUT2D eigenvalue weighted by molar-refractivity contribution is 6.76. The molecule has 1 aromatic heterocycles. The number of hydrogen-bond donors (Lipinski definition) is 1. The zero-order chi connectivity index (χ0) is 15.7. The first kappa shape index (κ1) is 16.2. The largest absolute Gasteiger partial charge is 0.431 e. The van der Waals surface area contributed by atoms with Crippen LogP contribution in [-0.2, 0) is 24.2 Å². The monoisotopic (exact) mass is 318 g/mol. The topological polar surface area (TPSA) is 26.2 Å². The first-order valence-electron chi connectivity index (χ1n) is 6.96. The molecular weight excluding hydrogens is 297 g/mol. The van der Waals surface area contributed by atoms with Crippen molar-refractivity contribution in [2.24, 2.45) is 0 Å². The Bertz CT molecular complexity index is 530. The lowest BCUT2D eigenvalue weighted by Gasteiger charge is -2.19. The molecule has 2 heterocycles. The maximum atomic E-state index is 13.1. The molecule has 0 amide bonds. The molecule has 21 heavy (non-hydrogen) atoms. The molecule has 0 radical (unpaired) electrons. The van der Waals surface area contributed by atoms with E-state index in [0.717, 1.165) is 6.04 Å². The SMILES string of the molecule is C[Si](C)(C)CCOCn1c(C(F)(F)F)cc2c1CNC=C2. The smallest absolute Gasteiger partial charge is 0.385 e. The van der Waals surface area contributed by atoms with Crippen LogP contribution < -0.4 is 5.32 Å². The van der Waals surface area contributed by atoms with Crippen molar-refractivity contribution < 1.29 is 17.9 Å². The lowest BCUT2D eigenvalue weighted by atomic mass is 10.2. The van der Waals surface area contributed by atoms with Gasteiger partial charge in [-0.25, -0.2) is 0 Å². The Balaban J connectivity index is 2.14. The van der Waals surface area contributed by atoms with E-state index in [0.29, 0.717) is 24.4 Å². The number of rotatable bonds is 5. The first-order chi connectivity index (χ1) is 9.68. The van der Waals surface area contributed by atoms with Crippen LogP contribution in [0.5, 0.6) is 0 Å². The van der Waals surface area contributed by atoms with Crippen molar-refractivity contribution in [3.8, 4) is 0 Å². The van der Waals surface area contributed by atoms with Gasteiger partial charge in [-0.15, -0.1) is 0 Å². The van der Waals surface area contributed by atoms with Crippen molar-refractivity contribution >= 4 is 14.1 Å². The molecule has 0 aromatic carbocycles. The van der Waals surface area contributed by atoms with E-state index in [1.807, 2.05) is 0 Å². The predicted molar refractivity (Wildman–Crippen MR) is 79.4 cm³/mol. The normalized spacial score (nSPS) is 15.0. The highest BCUT2D eigenvalue weighted by Crippen LogP contribution is 2.34. The molecule has 0 aliphatic carbocycles. The van der Waals surface area contributed by atoms with E-state index in [9.17, 15) is 13.2 Å². The Labute approximate surface area is 123 Å². The van der Waals surface area contributed by atoms with Gasteiger partial charge in [0.1, 0.15) is 12.4 Å². The van der Waals surface area contributed by atoms with Gasteiger partial charge in [0.05, 0.1) is 6.54 Å². The van der Waals surface area contributed by atoms with Crippen LogP contribution in [0, 0.1) is 0 Å². The molecule has 2 rings (SSSR count). The fourth-order valence-corrected chi connectivity index (χ4v) is 2.93. The minimum atomic E-state index is -4.37. The summed E-state index contributed by atoms with van der Waals surface area (Å²) in [5, 5.41) is 2.94. The van der Waals surface area contributed by atoms with Gasteiger partial charge in [-0.05, 0) is 29.9 Å². The average molecular weight is 318 g/mol. The Morgan fingerprint density at radius 3 is 2.67 bits per heavy atom. The van der Waals surface area contributed by atoms with E-state index in [4.69, 9.17) is 4.74 Å². The summed E-state index contributed by atoms with van der Waals surface area (Å²) in [6.45, 7) is 7.48. The van der Waals surface area contributed by atoms with Crippen LogP contribution in [0.3, 0.4) is 0 Å². The van der Waals surface area contributed by atoms with Crippen molar-refractivity contribution in [3.05, 3.63) is 29.2 Å². The van der Waals surface area contributed by atoms with Crippen LogP contribution in [0.1, 0.15) is 17.0 Å². The van der Waals surface area contributed by atoms with E-state index in [1.165, 1.54) is 10.6 Å². The number of halogens is 3. The van der Waals surface area contributed by atoms with E-state index in [2.05, 4.69) is 25.0 Å². The van der Waals surface area contributed by atoms with Gasteiger partial charge in [-0.1, -0.05) is 19.6 Å². The molecule has 0 bridgehead atoms. The van der Waals surface area contributed by atoms with Crippen LogP contribution >= 0.6 is 0 Å². The molecule has 3 nitrogen and oxygen atoms in total. The fourth-order valence-electron chi connectivity index (χ4n) is 2.17. The maximum absolute atomic E-state index is 13.1. The second kappa shape index (κ2) is 5.88. The molecule has 0 unspecified atom stereocenters. The number of nitrogens with zero attached hydrogens (tertiary/aromatic N) is 1. The van der Waals surface area contributed by atoms with Crippen LogP contribution in [0.4, 0.5) is 13.2 Å². The number of fused-ring (bicyclic) bond motifs is 1. The van der Waals surface area contributed by atoms with Crippen LogP contribution in [0.2, 0.25) is 25.7 Å². The van der Waals surface area contributed by atoms with Gasteiger partial charge >= 0.3 is 6.18 Å². The highest BCUT2D eigenvalue weighted by atomic mass is 28.3. The van der Waals surface area contributed by atoms with Gasteiger partial charge in [0, 0.05) is 20.4 Å². The molecular formula is C14H21F3N2OSi. The van der Waals surface area contributed by atoms with Gasteiger partial charge < -0.3 is 14.6 Å². The van der Waals surface area contributed by atoms with Crippen molar-refractivity contribution in [2.45, 2.75) is 45.1 Å².